The standard InChI is InChI=1S/C13H14N2O3/c16-11-3-1-2-10(7-11)13-14-12(15-18-13)6-9-4-5-17-8-9/h1-3,7,9,16H,4-6,8H2. The fraction of sp³-hybridized carbons (Fsp3) is 0.385. The van der Waals surface area contributed by atoms with Crippen LogP contribution in [0, 0.1) is 5.92 Å². The lowest BCUT2D eigenvalue weighted by Crippen LogP contribution is -2.04. The first-order valence-electron chi connectivity index (χ1n) is 6.01. The van der Waals surface area contributed by atoms with Gasteiger partial charge in [0.05, 0.1) is 0 Å². The highest BCUT2D eigenvalue weighted by molar-refractivity contribution is 5.55. The number of rotatable bonds is 3. The minimum absolute atomic E-state index is 0.191. The first-order chi connectivity index (χ1) is 8.81. The molecule has 1 aromatic carbocycles. The number of phenols is 1. The van der Waals surface area contributed by atoms with Crippen LogP contribution in [0.2, 0.25) is 0 Å². The fourth-order valence-corrected chi connectivity index (χ4v) is 2.10. The Morgan fingerprint density at radius 1 is 1.39 bits per heavy atom. The molecule has 5 heteroatoms. The summed E-state index contributed by atoms with van der Waals surface area (Å²) in [6.07, 6.45) is 1.83. The van der Waals surface area contributed by atoms with Crippen LogP contribution in [0.1, 0.15) is 12.2 Å². The van der Waals surface area contributed by atoms with E-state index < -0.39 is 0 Å². The molecule has 2 aromatic rings. The van der Waals surface area contributed by atoms with Gasteiger partial charge < -0.3 is 14.4 Å². The van der Waals surface area contributed by atoms with Crippen LogP contribution in [-0.4, -0.2) is 28.5 Å². The summed E-state index contributed by atoms with van der Waals surface area (Å²) in [6, 6.07) is 6.79. The number of aromatic nitrogens is 2. The van der Waals surface area contributed by atoms with Crippen LogP contribution >= 0.6 is 0 Å². The first-order valence-corrected chi connectivity index (χ1v) is 6.01. The van der Waals surface area contributed by atoms with Crippen LogP contribution in [0.5, 0.6) is 5.75 Å². The molecule has 1 fully saturated rings. The quantitative estimate of drug-likeness (QED) is 0.897. The molecule has 5 nitrogen and oxygen atoms in total. The van der Waals surface area contributed by atoms with Gasteiger partial charge in [0.2, 0.25) is 0 Å². The minimum Gasteiger partial charge on any atom is -0.508 e. The number of hydrogen-bond donors (Lipinski definition) is 1. The molecule has 0 amide bonds. The maximum Gasteiger partial charge on any atom is 0.258 e. The van der Waals surface area contributed by atoms with E-state index in [-0.39, 0.29) is 5.75 Å². The second-order valence-electron chi connectivity index (χ2n) is 4.50. The summed E-state index contributed by atoms with van der Waals surface area (Å²) in [5.41, 5.74) is 0.733. The van der Waals surface area contributed by atoms with Gasteiger partial charge in [-0.3, -0.25) is 0 Å². The molecular formula is C13H14N2O3. The molecule has 94 valence electrons. The molecule has 1 aliphatic rings. The predicted octanol–water partition coefficient (Wildman–Crippen LogP) is 2.02. The number of nitrogens with zero attached hydrogens (tertiary/aromatic N) is 2. The van der Waals surface area contributed by atoms with Gasteiger partial charge in [-0.1, -0.05) is 11.2 Å². The van der Waals surface area contributed by atoms with E-state index >= 15 is 0 Å². The number of phenolic OH excluding ortho intramolecular Hbond substituents is 1. The van der Waals surface area contributed by atoms with Crippen molar-refractivity contribution in [2.75, 3.05) is 13.2 Å². The monoisotopic (exact) mass is 246 g/mol. The maximum atomic E-state index is 9.40. The molecule has 18 heavy (non-hydrogen) atoms. The molecule has 1 N–H and O–H groups in total. The van der Waals surface area contributed by atoms with Gasteiger partial charge >= 0.3 is 0 Å². The second-order valence-corrected chi connectivity index (χ2v) is 4.50. The number of aromatic hydroxyl groups is 1. The van der Waals surface area contributed by atoms with Gasteiger partial charge in [0, 0.05) is 25.2 Å². The summed E-state index contributed by atoms with van der Waals surface area (Å²) in [5, 5.41) is 13.4. The second kappa shape index (κ2) is 4.78. The SMILES string of the molecule is Oc1cccc(-c2nc(CC3CCOC3)no2)c1. The predicted molar refractivity (Wildman–Crippen MR) is 64.0 cm³/mol. The Kier molecular flexibility index (Phi) is 2.98. The Morgan fingerprint density at radius 3 is 3.11 bits per heavy atom. The molecule has 1 unspecified atom stereocenters. The number of hydrogen-bond acceptors (Lipinski definition) is 5. The van der Waals surface area contributed by atoms with Gasteiger partial charge in [-0.15, -0.1) is 0 Å². The number of benzene rings is 1. The molecule has 2 heterocycles. The van der Waals surface area contributed by atoms with E-state index in [4.69, 9.17) is 9.26 Å². The average Bonchev–Trinajstić information content (AvgIpc) is 3.01. The summed E-state index contributed by atoms with van der Waals surface area (Å²) >= 11 is 0. The summed E-state index contributed by atoms with van der Waals surface area (Å²) in [7, 11) is 0. The molecule has 1 aromatic heterocycles. The van der Waals surface area contributed by atoms with Gasteiger partial charge in [-0.05, 0) is 30.5 Å². The summed E-state index contributed by atoms with van der Waals surface area (Å²) in [4.78, 5) is 4.34. The van der Waals surface area contributed by atoms with Crippen LogP contribution in [0.4, 0.5) is 0 Å². The molecule has 1 aliphatic heterocycles. The van der Waals surface area contributed by atoms with Crippen molar-refractivity contribution < 1.29 is 14.4 Å². The highest BCUT2D eigenvalue weighted by atomic mass is 16.5. The number of ether oxygens (including phenoxy) is 1. The Morgan fingerprint density at radius 2 is 2.33 bits per heavy atom. The van der Waals surface area contributed by atoms with Crippen molar-refractivity contribution >= 4 is 0 Å². The molecule has 0 aliphatic carbocycles. The van der Waals surface area contributed by atoms with E-state index in [0.717, 1.165) is 31.6 Å². The topological polar surface area (TPSA) is 68.4 Å². The van der Waals surface area contributed by atoms with Gasteiger partial charge in [-0.2, -0.15) is 4.98 Å². The Bertz CT molecular complexity index is 533. The van der Waals surface area contributed by atoms with E-state index in [0.29, 0.717) is 17.6 Å². The van der Waals surface area contributed by atoms with Crippen molar-refractivity contribution in [1.82, 2.24) is 10.1 Å². The molecule has 0 radical (unpaired) electrons. The lowest BCUT2D eigenvalue weighted by molar-refractivity contribution is 0.185. The normalized spacial score (nSPS) is 19.2. The van der Waals surface area contributed by atoms with Crippen molar-refractivity contribution in [1.29, 1.82) is 0 Å². The van der Waals surface area contributed by atoms with Crippen molar-refractivity contribution in [2.24, 2.45) is 5.92 Å². The highest BCUT2D eigenvalue weighted by Gasteiger charge is 2.19. The molecule has 1 atom stereocenters. The smallest absolute Gasteiger partial charge is 0.258 e. The molecule has 0 bridgehead atoms. The largest absolute Gasteiger partial charge is 0.508 e. The molecule has 0 spiro atoms. The van der Waals surface area contributed by atoms with E-state index in [1.54, 1.807) is 18.2 Å². The molecule has 1 saturated heterocycles. The highest BCUT2D eigenvalue weighted by Crippen LogP contribution is 2.23. The van der Waals surface area contributed by atoms with Crippen LogP contribution in [0.3, 0.4) is 0 Å². The van der Waals surface area contributed by atoms with Crippen LogP contribution in [0.15, 0.2) is 28.8 Å². The zero-order chi connectivity index (χ0) is 12.4. The third-order valence-electron chi connectivity index (χ3n) is 3.06. The Hall–Kier alpha value is -1.88. The van der Waals surface area contributed by atoms with Gasteiger partial charge in [0.25, 0.3) is 5.89 Å². The minimum atomic E-state index is 0.191. The van der Waals surface area contributed by atoms with E-state index in [2.05, 4.69) is 10.1 Å². The Labute approximate surface area is 104 Å². The molecule has 3 rings (SSSR count). The van der Waals surface area contributed by atoms with E-state index in [9.17, 15) is 5.11 Å². The summed E-state index contributed by atoms with van der Waals surface area (Å²) in [5.74, 6) is 1.82. The van der Waals surface area contributed by atoms with Gasteiger partial charge in [0.1, 0.15) is 5.75 Å². The van der Waals surface area contributed by atoms with Gasteiger partial charge in [0.15, 0.2) is 5.82 Å². The fourth-order valence-electron chi connectivity index (χ4n) is 2.10. The zero-order valence-electron chi connectivity index (χ0n) is 9.87. The van der Waals surface area contributed by atoms with Crippen LogP contribution in [-0.2, 0) is 11.2 Å². The average molecular weight is 246 g/mol. The first kappa shape index (κ1) is 11.2. The third kappa shape index (κ3) is 2.36. The molecule has 0 saturated carbocycles. The Balaban J connectivity index is 1.76. The van der Waals surface area contributed by atoms with Crippen molar-refractivity contribution in [3.05, 3.63) is 30.1 Å². The third-order valence-corrected chi connectivity index (χ3v) is 3.06. The lowest BCUT2D eigenvalue weighted by atomic mass is 10.1. The van der Waals surface area contributed by atoms with Crippen LogP contribution < -0.4 is 0 Å². The van der Waals surface area contributed by atoms with Crippen molar-refractivity contribution in [2.45, 2.75) is 12.8 Å². The zero-order valence-corrected chi connectivity index (χ0v) is 9.87. The van der Waals surface area contributed by atoms with E-state index in [1.807, 2.05) is 6.07 Å². The molecular weight excluding hydrogens is 232 g/mol. The lowest BCUT2D eigenvalue weighted by Gasteiger charge is -2.01. The summed E-state index contributed by atoms with van der Waals surface area (Å²) < 4.78 is 10.5. The summed E-state index contributed by atoms with van der Waals surface area (Å²) in [6.45, 7) is 1.60. The maximum absolute atomic E-state index is 9.40. The van der Waals surface area contributed by atoms with E-state index in [1.165, 1.54) is 0 Å². The van der Waals surface area contributed by atoms with Crippen molar-refractivity contribution in [3.63, 3.8) is 0 Å². The van der Waals surface area contributed by atoms with Gasteiger partial charge in [-0.25, -0.2) is 0 Å². The van der Waals surface area contributed by atoms with Crippen molar-refractivity contribution in [3.8, 4) is 17.2 Å². The van der Waals surface area contributed by atoms with Crippen LogP contribution in [0.25, 0.3) is 11.5 Å².